The summed E-state index contributed by atoms with van der Waals surface area (Å²) in [5.41, 5.74) is 0.984. The fourth-order valence-corrected chi connectivity index (χ4v) is 4.35. The number of ether oxygens (including phenoxy) is 3. The van der Waals surface area contributed by atoms with Crippen molar-refractivity contribution in [1.82, 2.24) is 10.2 Å². The summed E-state index contributed by atoms with van der Waals surface area (Å²) in [4.78, 5) is 27.7. The van der Waals surface area contributed by atoms with E-state index in [2.05, 4.69) is 5.32 Å². The summed E-state index contributed by atoms with van der Waals surface area (Å²) in [5, 5.41) is 2.81. The Bertz CT molecular complexity index is 1150. The fourth-order valence-electron chi connectivity index (χ4n) is 3.51. The molecular weight excluding hydrogens is 486 g/mol. The van der Waals surface area contributed by atoms with Gasteiger partial charge in [0.05, 0.1) is 33.3 Å². The molecule has 0 aliphatic heterocycles. The van der Waals surface area contributed by atoms with E-state index in [-0.39, 0.29) is 24.2 Å². The van der Waals surface area contributed by atoms with Crippen molar-refractivity contribution in [3.05, 3.63) is 48.0 Å². The van der Waals surface area contributed by atoms with E-state index < -0.39 is 28.5 Å². The minimum Gasteiger partial charge on any atom is -0.497 e. The highest BCUT2D eigenvalue weighted by atomic mass is 32.2. The first-order chi connectivity index (χ1) is 16.9. The second kappa shape index (κ2) is 12.5. The van der Waals surface area contributed by atoms with Crippen molar-refractivity contribution < 1.29 is 32.2 Å². The maximum atomic E-state index is 13.6. The number of methoxy groups -OCH3 is 3. The largest absolute Gasteiger partial charge is 0.497 e. The highest BCUT2D eigenvalue weighted by molar-refractivity contribution is 7.92. The Hall–Kier alpha value is -3.47. The maximum Gasteiger partial charge on any atom is 0.244 e. The molecule has 0 bridgehead atoms. The van der Waals surface area contributed by atoms with Crippen molar-refractivity contribution in [2.75, 3.05) is 38.4 Å². The van der Waals surface area contributed by atoms with Crippen LogP contribution in [-0.2, 0) is 26.2 Å². The average molecular weight is 522 g/mol. The first-order valence-corrected chi connectivity index (χ1v) is 13.2. The van der Waals surface area contributed by atoms with E-state index in [9.17, 15) is 18.0 Å². The molecule has 0 aliphatic rings. The number of sulfonamides is 1. The van der Waals surface area contributed by atoms with Gasteiger partial charge in [0.2, 0.25) is 21.8 Å². The van der Waals surface area contributed by atoms with E-state index in [4.69, 9.17) is 14.2 Å². The van der Waals surface area contributed by atoms with Gasteiger partial charge in [0.1, 0.15) is 18.3 Å². The van der Waals surface area contributed by atoms with Crippen LogP contribution in [0.4, 0.5) is 5.69 Å². The number of anilines is 1. The summed E-state index contributed by atoms with van der Waals surface area (Å²) in [6.45, 7) is 4.84. The summed E-state index contributed by atoms with van der Waals surface area (Å²) < 4.78 is 42.1. The molecule has 0 heterocycles. The van der Waals surface area contributed by atoms with Crippen molar-refractivity contribution in [2.24, 2.45) is 0 Å². The van der Waals surface area contributed by atoms with E-state index in [0.29, 0.717) is 17.2 Å². The number of benzene rings is 2. The van der Waals surface area contributed by atoms with E-state index in [0.717, 1.165) is 16.1 Å². The molecule has 11 heteroatoms. The molecule has 0 radical (unpaired) electrons. The van der Waals surface area contributed by atoms with Gasteiger partial charge in [0, 0.05) is 18.7 Å². The third-order valence-corrected chi connectivity index (χ3v) is 6.59. The van der Waals surface area contributed by atoms with Gasteiger partial charge in [0.25, 0.3) is 0 Å². The van der Waals surface area contributed by atoms with Gasteiger partial charge >= 0.3 is 0 Å². The van der Waals surface area contributed by atoms with Gasteiger partial charge < -0.3 is 24.4 Å². The highest BCUT2D eigenvalue weighted by Crippen LogP contribution is 2.32. The molecule has 0 saturated heterocycles. The first-order valence-electron chi connectivity index (χ1n) is 11.3. The zero-order valence-electron chi connectivity index (χ0n) is 21.8. The molecule has 0 fully saturated rings. The fraction of sp³-hybridized carbons (Fsp3) is 0.440. The molecular formula is C25H35N3O7S. The Labute approximate surface area is 213 Å². The molecule has 0 saturated carbocycles. The van der Waals surface area contributed by atoms with Crippen LogP contribution in [-0.4, -0.2) is 71.3 Å². The third-order valence-electron chi connectivity index (χ3n) is 5.44. The van der Waals surface area contributed by atoms with Gasteiger partial charge in [-0.25, -0.2) is 8.42 Å². The number of carbonyl (C=O) groups excluding carboxylic acids is 2. The lowest BCUT2D eigenvalue weighted by atomic mass is 10.1. The Morgan fingerprint density at radius 2 is 1.53 bits per heavy atom. The van der Waals surface area contributed by atoms with Gasteiger partial charge in [-0.2, -0.15) is 0 Å². The normalized spacial score (nSPS) is 12.0. The van der Waals surface area contributed by atoms with Gasteiger partial charge in [-0.3, -0.25) is 13.9 Å². The van der Waals surface area contributed by atoms with Gasteiger partial charge in [-0.15, -0.1) is 0 Å². The molecule has 0 aromatic heterocycles. The van der Waals surface area contributed by atoms with Crippen LogP contribution in [0.3, 0.4) is 0 Å². The molecule has 1 N–H and O–H groups in total. The molecule has 2 aromatic rings. The minimum absolute atomic E-state index is 0.0963. The number of hydrogen-bond acceptors (Lipinski definition) is 7. The van der Waals surface area contributed by atoms with Gasteiger partial charge in [-0.05, 0) is 50.6 Å². The van der Waals surface area contributed by atoms with Crippen LogP contribution in [0, 0.1) is 0 Å². The summed E-state index contributed by atoms with van der Waals surface area (Å²) in [7, 11) is 0.589. The Morgan fingerprint density at radius 3 is 2.03 bits per heavy atom. The number of amides is 2. The second-order valence-electron chi connectivity index (χ2n) is 8.52. The second-order valence-corrected chi connectivity index (χ2v) is 10.4. The van der Waals surface area contributed by atoms with Crippen LogP contribution in [0.5, 0.6) is 17.2 Å². The van der Waals surface area contributed by atoms with Crippen LogP contribution in [0.2, 0.25) is 0 Å². The Morgan fingerprint density at radius 1 is 0.917 bits per heavy atom. The average Bonchev–Trinajstić information content (AvgIpc) is 2.84. The summed E-state index contributed by atoms with van der Waals surface area (Å²) in [6, 6.07) is 10.7. The SMILES string of the molecule is COc1ccc(CN(C(=O)CN(c2ccc(OC)c(OC)c2)S(C)(=O)=O)C(C)C(=O)NC(C)C)cc1. The molecule has 198 valence electrons. The number of hydrogen-bond donors (Lipinski definition) is 1. The molecule has 36 heavy (non-hydrogen) atoms. The lowest BCUT2D eigenvalue weighted by Crippen LogP contribution is -2.52. The van der Waals surface area contributed by atoms with Crippen molar-refractivity contribution in [1.29, 1.82) is 0 Å². The summed E-state index contributed by atoms with van der Waals surface area (Å²) >= 11 is 0. The quantitative estimate of drug-likeness (QED) is 0.456. The zero-order valence-corrected chi connectivity index (χ0v) is 22.6. The number of rotatable bonds is 12. The number of nitrogens with one attached hydrogen (secondary N) is 1. The molecule has 2 rings (SSSR count). The van der Waals surface area contributed by atoms with Crippen LogP contribution in [0.25, 0.3) is 0 Å². The predicted octanol–water partition coefficient (Wildman–Crippen LogP) is 2.42. The smallest absolute Gasteiger partial charge is 0.244 e. The van der Waals surface area contributed by atoms with Crippen molar-refractivity contribution >= 4 is 27.5 Å². The molecule has 1 atom stereocenters. The molecule has 0 aliphatic carbocycles. The van der Waals surface area contributed by atoms with Gasteiger partial charge in [0.15, 0.2) is 11.5 Å². The minimum atomic E-state index is -3.87. The Balaban J connectivity index is 2.43. The summed E-state index contributed by atoms with van der Waals surface area (Å²) in [6.07, 6.45) is 1.01. The van der Waals surface area contributed by atoms with Crippen molar-refractivity contribution in [3.8, 4) is 17.2 Å². The van der Waals surface area contributed by atoms with E-state index in [1.807, 2.05) is 13.8 Å². The van der Waals surface area contributed by atoms with Crippen LogP contribution in [0.1, 0.15) is 26.3 Å². The number of nitrogens with zero attached hydrogens (tertiary/aromatic N) is 2. The molecule has 10 nitrogen and oxygen atoms in total. The van der Waals surface area contributed by atoms with Crippen LogP contribution >= 0.6 is 0 Å². The molecule has 2 amide bonds. The van der Waals surface area contributed by atoms with E-state index in [1.54, 1.807) is 44.4 Å². The highest BCUT2D eigenvalue weighted by Gasteiger charge is 2.30. The Kier molecular flexibility index (Phi) is 9.97. The molecule has 2 aromatic carbocycles. The molecule has 0 spiro atoms. The lowest BCUT2D eigenvalue weighted by molar-refractivity contribution is -0.139. The van der Waals surface area contributed by atoms with Gasteiger partial charge in [-0.1, -0.05) is 12.1 Å². The monoisotopic (exact) mass is 521 g/mol. The predicted molar refractivity (Wildman–Crippen MR) is 138 cm³/mol. The van der Waals surface area contributed by atoms with Crippen molar-refractivity contribution in [3.63, 3.8) is 0 Å². The van der Waals surface area contributed by atoms with E-state index in [1.165, 1.54) is 31.3 Å². The van der Waals surface area contributed by atoms with Crippen LogP contribution < -0.4 is 23.8 Å². The first kappa shape index (κ1) is 28.8. The molecule has 1 unspecified atom stereocenters. The third kappa shape index (κ3) is 7.51. The topological polar surface area (TPSA) is 114 Å². The zero-order chi connectivity index (χ0) is 27.0. The maximum absolute atomic E-state index is 13.6. The van der Waals surface area contributed by atoms with E-state index >= 15 is 0 Å². The number of carbonyl (C=O) groups is 2. The standard InChI is InChI=1S/C25H35N3O7S/c1-17(2)26-25(30)18(3)27(15-19-8-11-21(33-4)12-9-19)24(29)16-28(36(7,31)32)20-10-13-22(34-5)23(14-20)35-6/h8-14,17-18H,15-16H2,1-7H3,(H,26,30). The summed E-state index contributed by atoms with van der Waals surface area (Å²) in [5.74, 6) is 0.497. The van der Waals surface area contributed by atoms with Crippen molar-refractivity contribution in [2.45, 2.75) is 39.4 Å². The van der Waals surface area contributed by atoms with Crippen LogP contribution in [0.15, 0.2) is 42.5 Å². The lowest BCUT2D eigenvalue weighted by Gasteiger charge is -2.32.